The third-order valence-electron chi connectivity index (χ3n) is 8.11. The number of benzene rings is 2. The summed E-state index contributed by atoms with van der Waals surface area (Å²) in [5, 5.41) is 5.60. The minimum absolute atomic E-state index is 0.0290. The highest BCUT2D eigenvalue weighted by Gasteiger charge is 2.37. The molecule has 2 unspecified atom stereocenters. The van der Waals surface area contributed by atoms with Crippen LogP contribution in [0.4, 0.5) is 13.2 Å². The van der Waals surface area contributed by atoms with Crippen LogP contribution in [-0.4, -0.2) is 49.2 Å². The predicted molar refractivity (Wildman–Crippen MR) is 185 cm³/mol. The first-order chi connectivity index (χ1) is 24.1. The summed E-state index contributed by atoms with van der Waals surface area (Å²) in [4.78, 5) is 34.7. The number of hydrogen-bond donors (Lipinski definition) is 3. The number of nitrogens with one attached hydrogen (secondary N) is 2. The molecule has 0 aromatic heterocycles. The molecule has 0 heterocycles. The standard InChI is InChI=1S/C21H24F3NO3.C18H24N2O2/c22-21(23,24)19(26)13-12-16-8-10-17(11-9-16)14-25-20(27)15-28-18-6-4-2-1-3-5-7-18;19-12-15-8-10-16(11-9-15)13-20-18(21)14-22-17-6-4-2-1-3-5-7-17/h8-11,18H,1-4,6,12-15H2,(H,25,27);8-11,17H,1-4,6,12-14,19H2,(H,20,21). The number of amides is 2. The second-order valence-electron chi connectivity index (χ2n) is 12.3. The molecule has 11 heteroatoms. The van der Waals surface area contributed by atoms with E-state index in [4.69, 9.17) is 15.2 Å². The first-order valence-electron chi connectivity index (χ1n) is 17.3. The van der Waals surface area contributed by atoms with E-state index in [1.165, 1.54) is 12.8 Å². The van der Waals surface area contributed by atoms with Crippen molar-refractivity contribution < 1.29 is 37.0 Å². The molecule has 0 radical (unpaired) electrons. The van der Waals surface area contributed by atoms with E-state index in [1.54, 1.807) is 24.3 Å². The lowest BCUT2D eigenvalue weighted by Gasteiger charge is -2.13. The van der Waals surface area contributed by atoms with E-state index in [9.17, 15) is 27.6 Å². The summed E-state index contributed by atoms with van der Waals surface area (Å²) >= 11 is 0. The van der Waals surface area contributed by atoms with Crippen molar-refractivity contribution in [2.24, 2.45) is 5.73 Å². The molecule has 0 spiro atoms. The first kappa shape index (κ1) is 40.3. The molecule has 0 bridgehead atoms. The van der Waals surface area contributed by atoms with E-state index >= 15 is 0 Å². The summed E-state index contributed by atoms with van der Waals surface area (Å²) in [6.07, 6.45) is 4.68. The number of ketones is 1. The fourth-order valence-electron chi connectivity index (χ4n) is 5.08. The fraction of sp³-hybridized carbons (Fsp3) is 0.513. The number of aryl methyl sites for hydroxylation is 1. The summed E-state index contributed by atoms with van der Waals surface area (Å²) in [5.74, 6) is 10.2. The second-order valence-corrected chi connectivity index (χ2v) is 12.3. The lowest BCUT2D eigenvalue weighted by atomic mass is 10.1. The van der Waals surface area contributed by atoms with Crippen molar-refractivity contribution in [3.8, 4) is 23.7 Å². The Morgan fingerprint density at radius 2 is 1.12 bits per heavy atom. The largest absolute Gasteiger partial charge is 0.449 e. The van der Waals surface area contributed by atoms with Gasteiger partial charge in [0.05, 0.1) is 0 Å². The maximum absolute atomic E-state index is 12.2. The molecular weight excluding hydrogens is 647 g/mol. The average molecular weight is 696 g/mol. The Bertz CT molecular complexity index is 1470. The Hall–Kier alpha value is -4.16. The highest BCUT2D eigenvalue weighted by Crippen LogP contribution is 2.19. The Morgan fingerprint density at radius 3 is 1.56 bits per heavy atom. The van der Waals surface area contributed by atoms with Gasteiger partial charge < -0.3 is 25.8 Å². The van der Waals surface area contributed by atoms with E-state index in [0.717, 1.165) is 68.1 Å². The summed E-state index contributed by atoms with van der Waals surface area (Å²) in [5.41, 5.74) is 9.14. The minimum Gasteiger partial charge on any atom is -0.356 e. The molecule has 2 atom stereocenters. The zero-order valence-electron chi connectivity index (χ0n) is 28.5. The highest BCUT2D eigenvalue weighted by molar-refractivity contribution is 5.84. The third kappa shape index (κ3) is 17.0. The van der Waals surface area contributed by atoms with Gasteiger partial charge in [-0.2, -0.15) is 13.2 Å². The topological polar surface area (TPSA) is 120 Å². The van der Waals surface area contributed by atoms with Crippen LogP contribution < -0.4 is 16.4 Å². The van der Waals surface area contributed by atoms with Crippen molar-refractivity contribution in [1.82, 2.24) is 10.6 Å². The van der Waals surface area contributed by atoms with Crippen LogP contribution in [0, 0.1) is 23.7 Å². The van der Waals surface area contributed by atoms with E-state index in [1.807, 2.05) is 24.3 Å². The van der Waals surface area contributed by atoms with Crippen LogP contribution in [0.3, 0.4) is 0 Å². The van der Waals surface area contributed by atoms with Gasteiger partial charge in [-0.05, 0) is 67.2 Å². The highest BCUT2D eigenvalue weighted by atomic mass is 19.4. The van der Waals surface area contributed by atoms with Crippen molar-refractivity contribution >= 4 is 17.6 Å². The number of carbonyl (C=O) groups excluding carboxylic acids is 3. The molecule has 50 heavy (non-hydrogen) atoms. The zero-order chi connectivity index (χ0) is 36.0. The summed E-state index contributed by atoms with van der Waals surface area (Å²) in [6.45, 7) is 1.34. The Kier molecular flexibility index (Phi) is 18.2. The van der Waals surface area contributed by atoms with Gasteiger partial charge in [-0.25, -0.2) is 0 Å². The quantitative estimate of drug-likeness (QED) is 0.214. The third-order valence-corrected chi connectivity index (χ3v) is 8.11. The van der Waals surface area contributed by atoms with Crippen molar-refractivity contribution in [1.29, 1.82) is 0 Å². The number of halogens is 3. The van der Waals surface area contributed by atoms with E-state index in [-0.39, 0.29) is 43.7 Å². The maximum atomic E-state index is 12.2. The number of alkyl halides is 3. The molecule has 0 saturated heterocycles. The molecule has 2 aliphatic rings. The van der Waals surface area contributed by atoms with Gasteiger partial charge in [-0.1, -0.05) is 73.2 Å². The maximum Gasteiger partial charge on any atom is 0.449 e. The normalized spacial score (nSPS) is 17.4. The Morgan fingerprint density at radius 1 is 0.680 bits per heavy atom. The van der Waals surface area contributed by atoms with Gasteiger partial charge in [0.15, 0.2) is 0 Å². The molecular formula is C39H48F3N3O5. The smallest absolute Gasteiger partial charge is 0.356 e. The summed E-state index contributed by atoms with van der Waals surface area (Å²) < 4.78 is 47.8. The number of carbonyl (C=O) groups is 3. The predicted octanol–water partition coefficient (Wildman–Crippen LogP) is 5.83. The van der Waals surface area contributed by atoms with Gasteiger partial charge in [0, 0.05) is 38.9 Å². The Labute approximate surface area is 293 Å². The summed E-state index contributed by atoms with van der Waals surface area (Å²) in [6, 6.07) is 14.7. The van der Waals surface area contributed by atoms with Gasteiger partial charge in [-0.15, -0.1) is 11.8 Å². The Balaban J connectivity index is 0.000000278. The summed E-state index contributed by atoms with van der Waals surface area (Å²) in [7, 11) is 0. The van der Waals surface area contributed by atoms with Crippen LogP contribution in [-0.2, 0) is 49.9 Å². The number of Topliss-reactive ketones (excluding diaryl/α,β-unsaturated/α-hetero) is 1. The van der Waals surface area contributed by atoms with Crippen LogP contribution in [0.15, 0.2) is 48.5 Å². The first-order valence-corrected chi connectivity index (χ1v) is 17.3. The van der Waals surface area contributed by atoms with Crippen LogP contribution in [0.2, 0.25) is 0 Å². The average Bonchev–Trinajstić information content (AvgIpc) is 3.08. The van der Waals surface area contributed by atoms with Crippen molar-refractivity contribution in [2.45, 2.75) is 115 Å². The lowest BCUT2D eigenvalue weighted by molar-refractivity contribution is -0.171. The van der Waals surface area contributed by atoms with Crippen LogP contribution in [0.5, 0.6) is 0 Å². The lowest BCUT2D eigenvalue weighted by Crippen LogP contribution is -2.29. The molecule has 2 aromatic carbocycles. The van der Waals surface area contributed by atoms with Crippen LogP contribution in [0.1, 0.15) is 92.9 Å². The van der Waals surface area contributed by atoms with Gasteiger partial charge >= 0.3 is 6.18 Å². The van der Waals surface area contributed by atoms with Gasteiger partial charge in [0.25, 0.3) is 0 Å². The van der Waals surface area contributed by atoms with Gasteiger partial charge in [0.1, 0.15) is 25.4 Å². The molecule has 2 aromatic rings. The molecule has 2 amide bonds. The number of hydrogen-bond acceptors (Lipinski definition) is 6. The second kappa shape index (κ2) is 22.5. The van der Waals surface area contributed by atoms with Crippen molar-refractivity contribution in [2.75, 3.05) is 13.2 Å². The molecule has 2 aliphatic carbocycles. The molecule has 0 saturated carbocycles. The van der Waals surface area contributed by atoms with Crippen LogP contribution >= 0.6 is 0 Å². The van der Waals surface area contributed by atoms with Gasteiger partial charge in [0.2, 0.25) is 17.6 Å². The molecule has 0 aliphatic heterocycles. The molecule has 4 rings (SSSR count). The van der Waals surface area contributed by atoms with E-state index in [2.05, 4.69) is 34.3 Å². The molecule has 0 fully saturated rings. The monoisotopic (exact) mass is 695 g/mol. The van der Waals surface area contributed by atoms with E-state index < -0.39 is 18.4 Å². The van der Waals surface area contributed by atoms with Crippen molar-refractivity contribution in [3.05, 3.63) is 70.8 Å². The number of nitrogens with two attached hydrogens (primary N) is 1. The molecule has 4 N–H and O–H groups in total. The fourth-order valence-corrected chi connectivity index (χ4v) is 5.08. The van der Waals surface area contributed by atoms with Crippen molar-refractivity contribution in [3.63, 3.8) is 0 Å². The molecule has 270 valence electrons. The van der Waals surface area contributed by atoms with Crippen LogP contribution in [0.25, 0.3) is 0 Å². The number of ether oxygens (including phenoxy) is 2. The SMILES string of the molecule is NCc1ccc(CNC(=O)COC2C#CCCCCC2)cc1.O=C(COC1C#CCCCCC1)NCc1ccc(CCC(=O)C(F)(F)F)cc1. The number of rotatable bonds is 14. The van der Waals surface area contributed by atoms with Gasteiger partial charge in [-0.3, -0.25) is 14.4 Å². The minimum atomic E-state index is -4.78. The molecule has 8 nitrogen and oxygen atoms in total. The zero-order valence-corrected chi connectivity index (χ0v) is 28.5. The van der Waals surface area contributed by atoms with E-state index in [0.29, 0.717) is 25.2 Å².